The predicted octanol–water partition coefficient (Wildman–Crippen LogP) is 3.10. The summed E-state index contributed by atoms with van der Waals surface area (Å²) in [6.45, 7) is 3.25. The van der Waals surface area contributed by atoms with Crippen molar-refractivity contribution in [2.75, 3.05) is 0 Å². The average molecular weight is 274 g/mol. The fourth-order valence-electron chi connectivity index (χ4n) is 3.63. The first-order valence-corrected chi connectivity index (χ1v) is 6.80. The van der Waals surface area contributed by atoms with Crippen LogP contribution in [0.5, 0.6) is 0 Å². The van der Waals surface area contributed by atoms with E-state index in [1.54, 1.807) is 25.5 Å². The van der Waals surface area contributed by atoms with Crippen molar-refractivity contribution in [3.05, 3.63) is 48.3 Å². The summed E-state index contributed by atoms with van der Waals surface area (Å²) in [5.41, 5.74) is -1.05. The van der Waals surface area contributed by atoms with E-state index in [4.69, 9.17) is 8.83 Å². The van der Waals surface area contributed by atoms with Crippen molar-refractivity contribution in [1.82, 2.24) is 0 Å². The number of rotatable bonds is 3. The number of carbonyl (C=O) groups is 1. The van der Waals surface area contributed by atoms with Gasteiger partial charge in [-0.1, -0.05) is 0 Å². The van der Waals surface area contributed by atoms with Crippen LogP contribution in [-0.2, 0) is 4.79 Å². The molecule has 4 heteroatoms. The van der Waals surface area contributed by atoms with Gasteiger partial charge in [0.15, 0.2) is 0 Å². The zero-order valence-corrected chi connectivity index (χ0v) is 11.6. The van der Waals surface area contributed by atoms with Crippen LogP contribution < -0.4 is 0 Å². The largest absolute Gasteiger partial charge is 0.469 e. The number of aliphatic hydroxyl groups is 1. The zero-order valence-electron chi connectivity index (χ0n) is 11.6. The molecule has 4 nitrogen and oxygen atoms in total. The second-order valence-electron chi connectivity index (χ2n) is 5.81. The third kappa shape index (κ3) is 2.00. The van der Waals surface area contributed by atoms with Gasteiger partial charge < -0.3 is 13.9 Å². The van der Waals surface area contributed by atoms with Gasteiger partial charge in [-0.2, -0.15) is 0 Å². The summed E-state index contributed by atoms with van der Waals surface area (Å²) in [5.74, 6) is 0.762. The summed E-state index contributed by atoms with van der Waals surface area (Å²) < 4.78 is 11.0. The van der Waals surface area contributed by atoms with Gasteiger partial charge in [0, 0.05) is 11.8 Å². The minimum absolute atomic E-state index is 0.0227. The molecule has 0 saturated heterocycles. The second-order valence-corrected chi connectivity index (χ2v) is 5.81. The highest BCUT2D eigenvalue weighted by Crippen LogP contribution is 2.54. The molecule has 2 aromatic rings. The lowest BCUT2D eigenvalue weighted by Crippen LogP contribution is -2.35. The Morgan fingerprint density at radius 2 is 1.85 bits per heavy atom. The van der Waals surface area contributed by atoms with Gasteiger partial charge in [0.05, 0.1) is 24.0 Å². The van der Waals surface area contributed by atoms with Crippen LogP contribution in [0.3, 0.4) is 0 Å². The molecule has 3 rings (SSSR count). The van der Waals surface area contributed by atoms with E-state index in [0.717, 1.165) is 11.5 Å². The Morgan fingerprint density at radius 3 is 2.35 bits per heavy atom. The topological polar surface area (TPSA) is 63.6 Å². The van der Waals surface area contributed by atoms with E-state index < -0.39 is 11.5 Å². The van der Waals surface area contributed by atoms with E-state index in [1.165, 1.54) is 6.92 Å². The van der Waals surface area contributed by atoms with Crippen molar-refractivity contribution >= 4 is 5.78 Å². The highest BCUT2D eigenvalue weighted by molar-refractivity contribution is 5.81. The molecule has 1 N–H and O–H groups in total. The lowest BCUT2D eigenvalue weighted by molar-refractivity contribution is -0.127. The highest BCUT2D eigenvalue weighted by Gasteiger charge is 2.54. The van der Waals surface area contributed by atoms with Crippen molar-refractivity contribution < 1.29 is 18.7 Å². The van der Waals surface area contributed by atoms with E-state index in [2.05, 4.69) is 0 Å². The van der Waals surface area contributed by atoms with Crippen LogP contribution in [0.15, 0.2) is 45.6 Å². The third-order valence-corrected chi connectivity index (χ3v) is 4.31. The zero-order chi connectivity index (χ0) is 14.3. The number of carbonyl (C=O) groups excluding carboxylic acids is 1. The molecule has 1 fully saturated rings. The molecular weight excluding hydrogens is 256 g/mol. The number of hydrogen-bond donors (Lipinski definition) is 1. The summed E-state index contributed by atoms with van der Waals surface area (Å²) in [4.78, 5) is 12.1. The molecule has 1 aliphatic carbocycles. The molecule has 2 aromatic heterocycles. The van der Waals surface area contributed by atoms with Crippen molar-refractivity contribution in [2.45, 2.75) is 37.7 Å². The molecule has 0 bridgehead atoms. The fraction of sp³-hybridized carbons (Fsp3) is 0.438. The van der Waals surface area contributed by atoms with Crippen molar-refractivity contribution in [3.8, 4) is 0 Å². The third-order valence-electron chi connectivity index (χ3n) is 4.31. The number of furan rings is 2. The Bertz CT molecular complexity index is 580. The summed E-state index contributed by atoms with van der Waals surface area (Å²) in [5, 5.41) is 10.7. The monoisotopic (exact) mass is 274 g/mol. The molecule has 4 atom stereocenters. The maximum atomic E-state index is 12.1. The van der Waals surface area contributed by atoms with Gasteiger partial charge in [-0.25, -0.2) is 0 Å². The highest BCUT2D eigenvalue weighted by atomic mass is 16.3. The maximum absolute atomic E-state index is 12.1. The molecule has 0 spiro atoms. The van der Waals surface area contributed by atoms with Gasteiger partial charge in [-0.3, -0.25) is 4.79 Å². The van der Waals surface area contributed by atoms with E-state index in [-0.39, 0.29) is 17.6 Å². The minimum Gasteiger partial charge on any atom is -0.469 e. The first-order valence-electron chi connectivity index (χ1n) is 6.80. The predicted molar refractivity (Wildman–Crippen MR) is 72.3 cm³/mol. The lowest BCUT2D eigenvalue weighted by Gasteiger charge is -2.26. The Labute approximate surface area is 117 Å². The molecule has 20 heavy (non-hydrogen) atoms. The molecule has 0 radical (unpaired) electrons. The van der Waals surface area contributed by atoms with Crippen molar-refractivity contribution in [1.29, 1.82) is 0 Å². The van der Waals surface area contributed by atoms with Crippen LogP contribution >= 0.6 is 0 Å². The smallest absolute Gasteiger partial charge is 0.136 e. The normalized spacial score (nSPS) is 33.5. The first kappa shape index (κ1) is 13.2. The number of hydrogen-bond acceptors (Lipinski definition) is 4. The quantitative estimate of drug-likeness (QED) is 0.934. The maximum Gasteiger partial charge on any atom is 0.136 e. The fourth-order valence-corrected chi connectivity index (χ4v) is 3.63. The molecule has 0 amide bonds. The Balaban J connectivity index is 2.08. The molecule has 2 heterocycles. The van der Waals surface area contributed by atoms with Crippen LogP contribution in [0, 0.1) is 5.92 Å². The summed E-state index contributed by atoms with van der Waals surface area (Å²) >= 11 is 0. The first-order chi connectivity index (χ1) is 9.50. The molecule has 0 aromatic carbocycles. The lowest BCUT2D eigenvalue weighted by atomic mass is 9.81. The van der Waals surface area contributed by atoms with Crippen molar-refractivity contribution in [2.24, 2.45) is 5.92 Å². The summed E-state index contributed by atoms with van der Waals surface area (Å²) in [7, 11) is 0. The van der Waals surface area contributed by atoms with Crippen LogP contribution in [0.1, 0.15) is 43.6 Å². The van der Waals surface area contributed by atoms with Gasteiger partial charge in [0.1, 0.15) is 17.3 Å². The van der Waals surface area contributed by atoms with E-state index in [1.807, 2.05) is 18.2 Å². The van der Waals surface area contributed by atoms with Gasteiger partial charge in [0.25, 0.3) is 0 Å². The van der Waals surface area contributed by atoms with E-state index in [0.29, 0.717) is 6.42 Å². The summed E-state index contributed by atoms with van der Waals surface area (Å²) in [6.07, 6.45) is 3.69. The molecule has 1 saturated carbocycles. The summed E-state index contributed by atoms with van der Waals surface area (Å²) in [6, 6.07) is 7.38. The van der Waals surface area contributed by atoms with Gasteiger partial charge >= 0.3 is 0 Å². The van der Waals surface area contributed by atoms with Crippen LogP contribution in [0.25, 0.3) is 0 Å². The van der Waals surface area contributed by atoms with Gasteiger partial charge in [-0.15, -0.1) is 0 Å². The molecule has 1 aliphatic rings. The molecule has 0 unspecified atom stereocenters. The van der Waals surface area contributed by atoms with Crippen LogP contribution in [0.4, 0.5) is 0 Å². The number of ketones is 1. The minimum atomic E-state index is -1.05. The molecular formula is C16H18O4. The van der Waals surface area contributed by atoms with Gasteiger partial charge in [0.2, 0.25) is 0 Å². The van der Waals surface area contributed by atoms with Crippen molar-refractivity contribution in [3.63, 3.8) is 0 Å². The van der Waals surface area contributed by atoms with E-state index in [9.17, 15) is 9.90 Å². The SMILES string of the molecule is CC(=O)[C@H]1[C@H](c2ccco2)[C@@H](c2ccco2)C[C@]1(C)O. The second kappa shape index (κ2) is 4.63. The molecule has 0 aliphatic heterocycles. The number of Topliss-reactive ketones (excluding diaryl/α,β-unsaturated/α-hetero) is 1. The molecule has 106 valence electrons. The Morgan fingerprint density at radius 1 is 1.25 bits per heavy atom. The van der Waals surface area contributed by atoms with E-state index >= 15 is 0 Å². The Hall–Kier alpha value is -1.81. The Kier molecular flexibility index (Phi) is 3.05. The average Bonchev–Trinajstić information content (AvgIpc) is 3.05. The van der Waals surface area contributed by atoms with Crippen LogP contribution in [-0.4, -0.2) is 16.5 Å². The standard InChI is InChI=1S/C16H18O4/c1-10(17)15-14(13-6-4-8-20-13)11(9-16(15,2)18)12-5-3-7-19-12/h3-8,11,14-15,18H,9H2,1-2H3/t11-,14+,15+,16+/m1/s1. The van der Waals surface area contributed by atoms with Gasteiger partial charge in [-0.05, 0) is 44.5 Å². The van der Waals surface area contributed by atoms with Crippen LogP contribution in [0.2, 0.25) is 0 Å².